The Morgan fingerprint density at radius 2 is 1.51 bits per heavy atom. The summed E-state index contributed by atoms with van der Waals surface area (Å²) in [5.41, 5.74) is 7.85. The molecule has 0 spiro atoms. The molecule has 0 bridgehead atoms. The summed E-state index contributed by atoms with van der Waals surface area (Å²) in [6.45, 7) is 4.28. The average molecular weight is 543 g/mol. The third-order valence-electron chi connectivity index (χ3n) is 6.00. The van der Waals surface area contributed by atoms with Gasteiger partial charge in [0.15, 0.2) is 33.9 Å². The highest BCUT2D eigenvalue weighted by Crippen LogP contribution is 2.51. The normalized spacial score (nSPS) is 14.1. The van der Waals surface area contributed by atoms with E-state index in [-0.39, 0.29) is 30.8 Å². The van der Waals surface area contributed by atoms with Gasteiger partial charge in [-0.05, 0) is 47.7 Å². The highest BCUT2D eigenvalue weighted by Gasteiger charge is 2.36. The van der Waals surface area contributed by atoms with Crippen LogP contribution in [0.1, 0.15) is 18.7 Å². The van der Waals surface area contributed by atoms with Crippen molar-refractivity contribution in [3.05, 3.63) is 41.3 Å². The Hall–Kier alpha value is -3.50. The Morgan fingerprint density at radius 3 is 2.08 bits per heavy atom. The fourth-order valence-corrected chi connectivity index (χ4v) is 6.28. The summed E-state index contributed by atoms with van der Waals surface area (Å²) in [6.07, 6.45) is 0.663. The summed E-state index contributed by atoms with van der Waals surface area (Å²) in [6, 6.07) is 10.4. The minimum atomic E-state index is -4.89. The van der Waals surface area contributed by atoms with E-state index in [1.54, 1.807) is 36.4 Å². The zero-order valence-electron chi connectivity index (χ0n) is 19.9. The van der Waals surface area contributed by atoms with Gasteiger partial charge in [0.1, 0.15) is 5.69 Å². The number of hydrogen-bond acceptors (Lipinski definition) is 9. The number of nitrogens with zero attached hydrogens (tertiary/aromatic N) is 1. The number of ether oxygens (including phenoxy) is 4. The summed E-state index contributed by atoms with van der Waals surface area (Å²) >= 11 is 1.33. The van der Waals surface area contributed by atoms with E-state index in [0.29, 0.717) is 56.9 Å². The first-order valence-electron chi connectivity index (χ1n) is 11.5. The minimum absolute atomic E-state index is 0.0620. The molecular weight excluding hydrogens is 519 g/mol. The first kappa shape index (κ1) is 23.9. The second-order valence-electron chi connectivity index (χ2n) is 9.09. The molecule has 4 N–H and O–H groups in total. The number of rotatable bonds is 6. The summed E-state index contributed by atoms with van der Waals surface area (Å²) < 4.78 is 40.9. The van der Waals surface area contributed by atoms with E-state index in [0.717, 1.165) is 4.88 Å². The molecule has 0 fully saturated rings. The van der Waals surface area contributed by atoms with Crippen LogP contribution in [0.15, 0.2) is 40.8 Å². The molecule has 2 aliphatic heterocycles. The Bertz CT molecular complexity index is 1570. The van der Waals surface area contributed by atoms with Crippen LogP contribution in [0.25, 0.3) is 33.7 Å². The molecule has 2 aromatic heterocycles. The fraction of sp³-hybridized carbons (Fsp3) is 0.240. The van der Waals surface area contributed by atoms with Gasteiger partial charge in [-0.25, -0.2) is 4.98 Å². The second kappa shape index (κ2) is 8.81. The van der Waals surface area contributed by atoms with Crippen molar-refractivity contribution >= 4 is 29.6 Å². The number of thiazole rings is 1. The highest BCUT2D eigenvalue weighted by atomic mass is 32.1. The summed E-state index contributed by atoms with van der Waals surface area (Å²) in [7, 11) is -4.89. The van der Waals surface area contributed by atoms with Crippen molar-refractivity contribution in [1.82, 2.24) is 4.98 Å². The topological polar surface area (TPSA) is 146 Å². The van der Waals surface area contributed by atoms with Gasteiger partial charge in [0.05, 0.1) is 0 Å². The predicted octanol–water partition coefficient (Wildman–Crippen LogP) is 4.78. The Balaban J connectivity index is 1.68. The lowest BCUT2D eigenvalue weighted by Crippen LogP contribution is -2.04. The number of nitrogen functional groups attached to an aromatic ring is 1. The van der Waals surface area contributed by atoms with Crippen LogP contribution >= 0.6 is 18.9 Å². The second-order valence-corrected chi connectivity index (χ2v) is 11.7. The van der Waals surface area contributed by atoms with Crippen LogP contribution in [0, 0.1) is 5.92 Å². The quantitative estimate of drug-likeness (QED) is 0.291. The number of fused-ring (bicyclic) bond motifs is 2. The molecule has 0 atom stereocenters. The molecule has 0 unspecified atom stereocenters. The van der Waals surface area contributed by atoms with Crippen molar-refractivity contribution in [1.29, 1.82) is 0 Å². The predicted molar refractivity (Wildman–Crippen MR) is 138 cm³/mol. The van der Waals surface area contributed by atoms with E-state index < -0.39 is 13.1 Å². The Morgan fingerprint density at radius 1 is 0.946 bits per heavy atom. The van der Waals surface area contributed by atoms with Crippen LogP contribution in [-0.2, 0) is 11.0 Å². The van der Waals surface area contributed by atoms with Crippen LogP contribution in [0.2, 0.25) is 0 Å². The largest absolute Gasteiger partial charge is 0.454 e. The molecule has 2 aromatic carbocycles. The molecule has 0 saturated carbocycles. The minimum Gasteiger partial charge on any atom is -0.454 e. The van der Waals surface area contributed by atoms with Crippen LogP contribution in [0.4, 0.5) is 5.13 Å². The molecule has 192 valence electrons. The molecule has 2 aliphatic rings. The van der Waals surface area contributed by atoms with Crippen molar-refractivity contribution in [2.45, 2.75) is 20.3 Å². The van der Waals surface area contributed by atoms with Crippen molar-refractivity contribution in [2.24, 2.45) is 5.92 Å². The maximum Gasteiger partial charge on any atom is 0.391 e. The molecular formula is C25H23N2O8PS. The monoisotopic (exact) mass is 542 g/mol. The van der Waals surface area contributed by atoms with Gasteiger partial charge in [0.2, 0.25) is 19.1 Å². The van der Waals surface area contributed by atoms with E-state index in [1.165, 1.54) is 11.3 Å². The molecule has 4 heterocycles. The first-order chi connectivity index (χ1) is 17.7. The van der Waals surface area contributed by atoms with Gasteiger partial charge in [0, 0.05) is 16.0 Å². The van der Waals surface area contributed by atoms with Crippen molar-refractivity contribution < 1.29 is 37.7 Å². The standard InChI is InChI=1S/C25H23N2O8PS/c1-12(2)7-19-22(27-25(26)37-19)23-20(13-3-5-15-17(8-13)33-10-31-15)21(24(35-23)36(28,29)30)14-4-6-16-18(9-14)34-11-32-16/h3-6,8-9,12H,7,10-11H2,1-2H3,(H2,26,27)(H2,28,29,30). The van der Waals surface area contributed by atoms with Gasteiger partial charge in [-0.3, -0.25) is 4.57 Å². The van der Waals surface area contributed by atoms with Crippen molar-refractivity contribution in [3.63, 3.8) is 0 Å². The third-order valence-corrected chi connectivity index (χ3v) is 7.75. The van der Waals surface area contributed by atoms with Gasteiger partial charge in [-0.1, -0.05) is 26.0 Å². The lowest BCUT2D eigenvalue weighted by Gasteiger charge is -2.10. The van der Waals surface area contributed by atoms with Gasteiger partial charge in [-0.15, -0.1) is 11.3 Å². The van der Waals surface area contributed by atoms with Gasteiger partial charge in [-0.2, -0.15) is 0 Å². The van der Waals surface area contributed by atoms with E-state index in [2.05, 4.69) is 18.8 Å². The summed E-state index contributed by atoms with van der Waals surface area (Å²) in [4.78, 5) is 26.2. The molecule has 4 aromatic rings. The molecule has 6 rings (SSSR count). The van der Waals surface area contributed by atoms with E-state index in [9.17, 15) is 14.4 Å². The fourth-order valence-electron chi connectivity index (χ4n) is 4.49. The molecule has 0 saturated heterocycles. The summed E-state index contributed by atoms with van der Waals surface area (Å²) in [5, 5.41) is 0.334. The van der Waals surface area contributed by atoms with Crippen LogP contribution in [-0.4, -0.2) is 28.4 Å². The maximum absolute atomic E-state index is 12.8. The van der Waals surface area contributed by atoms with Gasteiger partial charge < -0.3 is 38.9 Å². The number of nitrogens with two attached hydrogens (primary N) is 1. The zero-order chi connectivity index (χ0) is 25.9. The average Bonchev–Trinajstić information content (AvgIpc) is 3.61. The van der Waals surface area contributed by atoms with E-state index >= 15 is 0 Å². The van der Waals surface area contributed by atoms with Crippen LogP contribution < -0.4 is 30.2 Å². The van der Waals surface area contributed by atoms with Crippen LogP contribution in [0.5, 0.6) is 23.0 Å². The van der Waals surface area contributed by atoms with E-state index in [4.69, 9.17) is 29.1 Å². The Labute approximate surface area is 215 Å². The zero-order valence-corrected chi connectivity index (χ0v) is 21.6. The smallest absolute Gasteiger partial charge is 0.391 e. The SMILES string of the molecule is CC(C)Cc1sc(N)nc1-c1oc(P(=O)(O)O)c(-c2ccc3c(c2)OCO3)c1-c1ccc2c(c1)OCO2. The molecule has 37 heavy (non-hydrogen) atoms. The summed E-state index contributed by atoms with van der Waals surface area (Å²) in [5.74, 6) is 2.60. The molecule has 12 heteroatoms. The van der Waals surface area contributed by atoms with Crippen molar-refractivity contribution in [3.8, 4) is 56.7 Å². The van der Waals surface area contributed by atoms with Gasteiger partial charge >= 0.3 is 7.60 Å². The maximum atomic E-state index is 12.8. The molecule has 0 amide bonds. The highest BCUT2D eigenvalue weighted by molar-refractivity contribution is 7.60. The number of benzene rings is 2. The lowest BCUT2D eigenvalue weighted by atomic mass is 9.94. The first-order valence-corrected chi connectivity index (χ1v) is 13.9. The molecule has 0 radical (unpaired) electrons. The van der Waals surface area contributed by atoms with Crippen molar-refractivity contribution in [2.75, 3.05) is 19.3 Å². The number of aromatic nitrogens is 1. The number of anilines is 1. The van der Waals surface area contributed by atoms with Crippen LogP contribution in [0.3, 0.4) is 0 Å². The number of hydrogen-bond donors (Lipinski definition) is 3. The molecule has 10 nitrogen and oxygen atoms in total. The molecule has 0 aliphatic carbocycles. The third kappa shape index (κ3) is 4.23. The number of furan rings is 1. The van der Waals surface area contributed by atoms with Gasteiger partial charge in [0.25, 0.3) is 0 Å². The Kier molecular flexibility index (Phi) is 5.68. The lowest BCUT2D eigenvalue weighted by molar-refractivity contribution is 0.173. The van der Waals surface area contributed by atoms with E-state index in [1.807, 2.05) is 0 Å².